The molecular formula is C18H19N3OS. The van der Waals surface area contributed by atoms with Gasteiger partial charge in [0.15, 0.2) is 0 Å². The molecule has 1 saturated heterocycles. The van der Waals surface area contributed by atoms with Crippen molar-refractivity contribution in [2.45, 2.75) is 25.9 Å². The van der Waals surface area contributed by atoms with E-state index >= 15 is 0 Å². The number of piperidine rings is 1. The summed E-state index contributed by atoms with van der Waals surface area (Å²) in [5, 5.41) is 13.3. The third kappa shape index (κ3) is 2.71. The average Bonchev–Trinajstić information content (AvgIpc) is 2.98. The predicted octanol–water partition coefficient (Wildman–Crippen LogP) is 3.63. The summed E-state index contributed by atoms with van der Waals surface area (Å²) in [6.07, 6.45) is 1.60. The van der Waals surface area contributed by atoms with Crippen LogP contribution in [0.4, 0.5) is 5.82 Å². The predicted molar refractivity (Wildman–Crippen MR) is 95.0 cm³/mol. The van der Waals surface area contributed by atoms with Gasteiger partial charge in [0.25, 0.3) is 0 Å². The summed E-state index contributed by atoms with van der Waals surface area (Å²) in [6.45, 7) is 3.52. The molecule has 1 aromatic carbocycles. The van der Waals surface area contributed by atoms with Crippen molar-refractivity contribution in [3.05, 3.63) is 41.5 Å². The van der Waals surface area contributed by atoms with Crippen LogP contribution < -0.4 is 4.90 Å². The number of benzene rings is 1. The summed E-state index contributed by atoms with van der Waals surface area (Å²) in [4.78, 5) is 12.6. The van der Waals surface area contributed by atoms with E-state index in [2.05, 4.69) is 39.5 Å². The number of anilines is 1. The van der Waals surface area contributed by atoms with Crippen LogP contribution in [0.25, 0.3) is 21.3 Å². The van der Waals surface area contributed by atoms with Crippen molar-refractivity contribution in [2.24, 2.45) is 0 Å². The van der Waals surface area contributed by atoms with Gasteiger partial charge in [-0.25, -0.2) is 9.97 Å². The van der Waals surface area contributed by atoms with E-state index in [-0.39, 0.29) is 6.10 Å². The third-order valence-corrected chi connectivity index (χ3v) is 5.18. The molecule has 0 bridgehead atoms. The normalized spacial score (nSPS) is 18.5. The van der Waals surface area contributed by atoms with Gasteiger partial charge in [0.05, 0.1) is 11.5 Å². The van der Waals surface area contributed by atoms with Gasteiger partial charge in [-0.3, -0.25) is 0 Å². The summed E-state index contributed by atoms with van der Waals surface area (Å²) in [7, 11) is 0. The van der Waals surface area contributed by atoms with Crippen LogP contribution in [0.5, 0.6) is 0 Å². The van der Waals surface area contributed by atoms with Crippen LogP contribution in [0.3, 0.4) is 0 Å². The van der Waals surface area contributed by atoms with Gasteiger partial charge in [0, 0.05) is 24.0 Å². The Morgan fingerprint density at radius 2 is 2.04 bits per heavy atom. The molecule has 4 nitrogen and oxygen atoms in total. The molecule has 23 heavy (non-hydrogen) atoms. The van der Waals surface area contributed by atoms with Crippen LogP contribution in [0.2, 0.25) is 0 Å². The lowest BCUT2D eigenvalue weighted by molar-refractivity contribution is 0.154. The smallest absolute Gasteiger partial charge is 0.141 e. The zero-order chi connectivity index (χ0) is 15.8. The SMILES string of the molecule is Cc1nc(N2CCCC(O)C2)c2c(-c3ccccc3)csc2n1. The summed E-state index contributed by atoms with van der Waals surface area (Å²) < 4.78 is 0. The lowest BCUT2D eigenvalue weighted by atomic mass is 10.0. The highest BCUT2D eigenvalue weighted by atomic mass is 32.1. The minimum atomic E-state index is -0.270. The summed E-state index contributed by atoms with van der Waals surface area (Å²) in [5.74, 6) is 1.75. The molecular weight excluding hydrogens is 306 g/mol. The first kappa shape index (κ1) is 14.6. The molecule has 1 N–H and O–H groups in total. The molecule has 5 heteroatoms. The molecule has 1 fully saturated rings. The molecule has 3 aromatic rings. The number of hydrogen-bond donors (Lipinski definition) is 1. The number of hydrogen-bond acceptors (Lipinski definition) is 5. The van der Waals surface area contributed by atoms with Gasteiger partial charge >= 0.3 is 0 Å². The Balaban J connectivity index is 1.90. The van der Waals surface area contributed by atoms with Crippen LogP contribution in [-0.2, 0) is 0 Å². The van der Waals surface area contributed by atoms with E-state index in [0.29, 0.717) is 6.54 Å². The van der Waals surface area contributed by atoms with Crippen LogP contribution in [0.15, 0.2) is 35.7 Å². The molecule has 4 rings (SSSR count). The Morgan fingerprint density at radius 3 is 2.83 bits per heavy atom. The van der Waals surface area contributed by atoms with Crippen molar-refractivity contribution in [2.75, 3.05) is 18.0 Å². The molecule has 1 aliphatic heterocycles. The highest BCUT2D eigenvalue weighted by Gasteiger charge is 2.23. The fraction of sp³-hybridized carbons (Fsp3) is 0.333. The second kappa shape index (κ2) is 5.91. The number of fused-ring (bicyclic) bond motifs is 1. The van der Waals surface area contributed by atoms with Crippen molar-refractivity contribution < 1.29 is 5.11 Å². The number of aliphatic hydroxyl groups excluding tert-OH is 1. The Bertz CT molecular complexity index is 831. The topological polar surface area (TPSA) is 49.2 Å². The number of thiophene rings is 1. The van der Waals surface area contributed by atoms with Crippen molar-refractivity contribution in [1.82, 2.24) is 9.97 Å². The van der Waals surface area contributed by atoms with E-state index in [9.17, 15) is 5.11 Å². The minimum absolute atomic E-state index is 0.270. The number of nitrogens with zero attached hydrogens (tertiary/aromatic N) is 3. The Hall–Kier alpha value is -1.98. The van der Waals surface area contributed by atoms with E-state index in [4.69, 9.17) is 4.98 Å². The molecule has 0 saturated carbocycles. The monoisotopic (exact) mass is 325 g/mol. The van der Waals surface area contributed by atoms with Gasteiger partial charge in [0.1, 0.15) is 16.5 Å². The third-order valence-electron chi connectivity index (χ3n) is 4.31. The molecule has 1 aliphatic rings. The first-order chi connectivity index (χ1) is 11.2. The molecule has 1 atom stereocenters. The molecule has 0 amide bonds. The molecule has 3 heterocycles. The summed E-state index contributed by atoms with van der Waals surface area (Å²) in [5.41, 5.74) is 2.37. The number of aliphatic hydroxyl groups is 1. The van der Waals surface area contributed by atoms with Crippen molar-refractivity contribution in [3.8, 4) is 11.1 Å². The Kier molecular flexibility index (Phi) is 3.75. The quantitative estimate of drug-likeness (QED) is 0.782. The van der Waals surface area contributed by atoms with Crippen molar-refractivity contribution >= 4 is 27.4 Å². The van der Waals surface area contributed by atoms with Gasteiger partial charge in [-0.05, 0) is 25.3 Å². The highest BCUT2D eigenvalue weighted by molar-refractivity contribution is 7.17. The van der Waals surface area contributed by atoms with E-state index in [0.717, 1.165) is 41.2 Å². The Morgan fingerprint density at radius 1 is 1.22 bits per heavy atom. The highest BCUT2D eigenvalue weighted by Crippen LogP contribution is 2.38. The lowest BCUT2D eigenvalue weighted by Crippen LogP contribution is -2.39. The molecule has 1 unspecified atom stereocenters. The first-order valence-electron chi connectivity index (χ1n) is 7.96. The number of aromatic nitrogens is 2. The summed E-state index contributed by atoms with van der Waals surface area (Å²) in [6, 6.07) is 10.4. The summed E-state index contributed by atoms with van der Waals surface area (Å²) >= 11 is 1.66. The molecule has 0 radical (unpaired) electrons. The zero-order valence-corrected chi connectivity index (χ0v) is 13.9. The maximum Gasteiger partial charge on any atom is 0.141 e. The van der Waals surface area contributed by atoms with Crippen LogP contribution in [-0.4, -0.2) is 34.3 Å². The van der Waals surface area contributed by atoms with E-state index in [1.807, 2.05) is 13.0 Å². The number of β-amino-alcohol motifs (C(OH)–C–C–N with tert-alkyl or cyclic N) is 1. The lowest BCUT2D eigenvalue weighted by Gasteiger charge is -2.31. The maximum absolute atomic E-state index is 10.0. The first-order valence-corrected chi connectivity index (χ1v) is 8.84. The van der Waals surface area contributed by atoms with E-state index in [1.165, 1.54) is 11.1 Å². The van der Waals surface area contributed by atoms with Crippen LogP contribution in [0.1, 0.15) is 18.7 Å². The van der Waals surface area contributed by atoms with Gasteiger partial charge in [-0.2, -0.15) is 0 Å². The van der Waals surface area contributed by atoms with E-state index < -0.39 is 0 Å². The van der Waals surface area contributed by atoms with Crippen molar-refractivity contribution in [3.63, 3.8) is 0 Å². The number of aryl methyl sites for hydroxylation is 1. The number of rotatable bonds is 2. The van der Waals surface area contributed by atoms with Crippen molar-refractivity contribution in [1.29, 1.82) is 0 Å². The largest absolute Gasteiger partial charge is 0.391 e. The minimum Gasteiger partial charge on any atom is -0.391 e. The second-order valence-corrected chi connectivity index (χ2v) is 6.89. The van der Waals surface area contributed by atoms with Crippen LogP contribution in [0, 0.1) is 6.92 Å². The maximum atomic E-state index is 10.0. The Labute approximate surface area is 139 Å². The standard InChI is InChI=1S/C18H19N3OS/c1-12-19-17(21-9-5-8-14(22)10-21)16-15(11-23-18(16)20-12)13-6-3-2-4-7-13/h2-4,6-7,11,14,22H,5,8-10H2,1H3. The second-order valence-electron chi connectivity index (χ2n) is 6.03. The molecule has 0 spiro atoms. The molecule has 2 aromatic heterocycles. The fourth-order valence-electron chi connectivity index (χ4n) is 3.23. The zero-order valence-electron chi connectivity index (χ0n) is 13.1. The van der Waals surface area contributed by atoms with E-state index in [1.54, 1.807) is 11.3 Å². The van der Waals surface area contributed by atoms with Gasteiger partial charge in [-0.15, -0.1) is 11.3 Å². The molecule has 0 aliphatic carbocycles. The van der Waals surface area contributed by atoms with Gasteiger partial charge in [-0.1, -0.05) is 30.3 Å². The van der Waals surface area contributed by atoms with Crippen LogP contribution >= 0.6 is 11.3 Å². The fourth-order valence-corrected chi connectivity index (χ4v) is 4.22. The van der Waals surface area contributed by atoms with Gasteiger partial charge < -0.3 is 10.0 Å². The molecule has 118 valence electrons. The average molecular weight is 325 g/mol. The van der Waals surface area contributed by atoms with Gasteiger partial charge in [0.2, 0.25) is 0 Å².